The molecule has 0 saturated heterocycles. The maximum absolute atomic E-state index is 11.1. The fraction of sp³-hybridized carbons (Fsp3) is 0.143. The number of esters is 1. The van der Waals surface area contributed by atoms with Gasteiger partial charge in [0.25, 0.3) is 0 Å². The van der Waals surface area contributed by atoms with Gasteiger partial charge in [-0.3, -0.25) is 0 Å². The van der Waals surface area contributed by atoms with Crippen molar-refractivity contribution in [2.75, 3.05) is 7.11 Å². The van der Waals surface area contributed by atoms with E-state index in [1.165, 1.54) is 13.2 Å². The minimum Gasteiger partial charge on any atom is -0.466 e. The summed E-state index contributed by atoms with van der Waals surface area (Å²) in [6.07, 6.45) is 2.92. The minimum atomic E-state index is -0.441. The Morgan fingerprint density at radius 2 is 2.17 bits per heavy atom. The molecule has 0 saturated carbocycles. The molecule has 2 aromatic rings. The molecule has 0 fully saturated rings. The number of fused-ring (bicyclic) bond motifs is 1. The monoisotopic (exact) mass is 240 g/mol. The van der Waals surface area contributed by atoms with Gasteiger partial charge in [0.1, 0.15) is 6.07 Å². The quantitative estimate of drug-likeness (QED) is 0.597. The highest BCUT2D eigenvalue weighted by Crippen LogP contribution is 2.25. The number of carbonyl (C=O) groups excluding carboxylic acids is 1. The van der Waals surface area contributed by atoms with E-state index < -0.39 is 5.97 Å². The first-order valence-corrected chi connectivity index (χ1v) is 5.42. The highest BCUT2D eigenvalue weighted by atomic mass is 16.5. The van der Waals surface area contributed by atoms with Gasteiger partial charge in [-0.25, -0.2) is 4.79 Å². The zero-order valence-corrected chi connectivity index (χ0v) is 10.2. The van der Waals surface area contributed by atoms with Crippen molar-refractivity contribution in [2.45, 2.75) is 0 Å². The molecule has 0 spiro atoms. The number of para-hydroxylation sites is 1. The molecule has 0 aliphatic rings. The number of benzene rings is 1. The number of nitriles is 1. The predicted molar refractivity (Wildman–Crippen MR) is 68.7 cm³/mol. The lowest BCUT2D eigenvalue weighted by molar-refractivity contribution is -0.134. The fourth-order valence-electron chi connectivity index (χ4n) is 1.94. The summed E-state index contributed by atoms with van der Waals surface area (Å²) < 4.78 is 6.42. The first kappa shape index (κ1) is 11.9. The van der Waals surface area contributed by atoms with Gasteiger partial charge in [0.05, 0.1) is 18.4 Å². The average molecular weight is 240 g/mol. The molecule has 0 N–H and O–H groups in total. The molecule has 0 bridgehead atoms. The van der Waals surface area contributed by atoms with Gasteiger partial charge in [0, 0.05) is 24.0 Å². The zero-order chi connectivity index (χ0) is 13.1. The Bertz CT molecular complexity index is 675. The second-order valence-electron chi connectivity index (χ2n) is 3.80. The van der Waals surface area contributed by atoms with Crippen LogP contribution in [0.4, 0.5) is 0 Å². The SMILES string of the molecule is COC(=O)/C=C/c1c(C#N)c2ccccc2n1C. The molecule has 1 aromatic carbocycles. The van der Waals surface area contributed by atoms with Crippen molar-refractivity contribution in [2.24, 2.45) is 7.05 Å². The smallest absolute Gasteiger partial charge is 0.330 e. The molecule has 0 aliphatic carbocycles. The van der Waals surface area contributed by atoms with E-state index in [-0.39, 0.29) is 0 Å². The van der Waals surface area contributed by atoms with Crippen LogP contribution in [-0.4, -0.2) is 17.6 Å². The van der Waals surface area contributed by atoms with Gasteiger partial charge in [-0.1, -0.05) is 18.2 Å². The molecular weight excluding hydrogens is 228 g/mol. The molecule has 1 heterocycles. The first-order valence-electron chi connectivity index (χ1n) is 5.42. The van der Waals surface area contributed by atoms with E-state index >= 15 is 0 Å². The van der Waals surface area contributed by atoms with Crippen LogP contribution in [0.2, 0.25) is 0 Å². The first-order chi connectivity index (χ1) is 8.69. The number of methoxy groups -OCH3 is 1. The molecule has 0 amide bonds. The third-order valence-corrected chi connectivity index (χ3v) is 2.84. The summed E-state index contributed by atoms with van der Waals surface area (Å²) in [6.45, 7) is 0. The maximum Gasteiger partial charge on any atom is 0.330 e. The molecule has 0 unspecified atom stereocenters. The molecule has 2 rings (SSSR count). The number of hydrogen-bond acceptors (Lipinski definition) is 3. The summed E-state index contributed by atoms with van der Waals surface area (Å²) in [4.78, 5) is 11.1. The van der Waals surface area contributed by atoms with Crippen LogP contribution in [0, 0.1) is 11.3 Å². The van der Waals surface area contributed by atoms with Crippen molar-refractivity contribution in [3.8, 4) is 6.07 Å². The number of nitrogens with zero attached hydrogens (tertiary/aromatic N) is 2. The summed E-state index contributed by atoms with van der Waals surface area (Å²) in [7, 11) is 3.18. The highest BCUT2D eigenvalue weighted by Gasteiger charge is 2.12. The van der Waals surface area contributed by atoms with Gasteiger partial charge in [-0.05, 0) is 12.1 Å². The summed E-state index contributed by atoms with van der Waals surface area (Å²) in [5, 5.41) is 10.1. The van der Waals surface area contributed by atoms with Crippen molar-refractivity contribution in [1.82, 2.24) is 4.57 Å². The third kappa shape index (κ3) is 1.87. The second kappa shape index (κ2) is 4.76. The van der Waals surface area contributed by atoms with E-state index in [2.05, 4.69) is 10.8 Å². The Hall–Kier alpha value is -2.54. The van der Waals surface area contributed by atoms with Crippen LogP contribution in [-0.2, 0) is 16.6 Å². The van der Waals surface area contributed by atoms with Crippen LogP contribution in [0.1, 0.15) is 11.3 Å². The molecule has 4 heteroatoms. The molecule has 1 aromatic heterocycles. The molecule has 4 nitrogen and oxygen atoms in total. The van der Waals surface area contributed by atoms with Crippen molar-refractivity contribution in [3.05, 3.63) is 41.6 Å². The largest absolute Gasteiger partial charge is 0.466 e. The van der Waals surface area contributed by atoms with Crippen molar-refractivity contribution in [3.63, 3.8) is 0 Å². The van der Waals surface area contributed by atoms with Crippen LogP contribution in [0.3, 0.4) is 0 Å². The third-order valence-electron chi connectivity index (χ3n) is 2.84. The number of aromatic nitrogens is 1. The fourth-order valence-corrected chi connectivity index (χ4v) is 1.94. The van der Waals surface area contributed by atoms with Gasteiger partial charge in [0.15, 0.2) is 0 Å². The average Bonchev–Trinajstić information content (AvgIpc) is 2.69. The van der Waals surface area contributed by atoms with Crippen molar-refractivity contribution >= 4 is 22.9 Å². The number of carbonyl (C=O) groups is 1. The van der Waals surface area contributed by atoms with Gasteiger partial charge < -0.3 is 9.30 Å². The van der Waals surface area contributed by atoms with E-state index in [0.717, 1.165) is 10.9 Å². The number of ether oxygens (including phenoxy) is 1. The Morgan fingerprint density at radius 1 is 1.44 bits per heavy atom. The predicted octanol–water partition coefficient (Wildman–Crippen LogP) is 2.24. The Balaban J connectivity index is 2.64. The van der Waals surface area contributed by atoms with Gasteiger partial charge in [-0.2, -0.15) is 5.26 Å². The second-order valence-corrected chi connectivity index (χ2v) is 3.80. The standard InChI is InChI=1S/C14H12N2O2/c1-16-12-6-4-3-5-10(12)11(9-15)13(16)7-8-14(17)18-2/h3-8H,1-2H3/b8-7+. The number of aryl methyl sites for hydroxylation is 1. The number of rotatable bonds is 2. The normalized spacial score (nSPS) is 10.7. The molecule has 0 aliphatic heterocycles. The summed E-state index contributed by atoms with van der Waals surface area (Å²) in [5.41, 5.74) is 2.22. The van der Waals surface area contributed by atoms with E-state index in [1.807, 2.05) is 35.9 Å². The Morgan fingerprint density at radius 3 is 2.83 bits per heavy atom. The molecule has 0 atom stereocenters. The highest BCUT2D eigenvalue weighted by molar-refractivity contribution is 5.93. The topological polar surface area (TPSA) is 55.0 Å². The van der Waals surface area contributed by atoms with Gasteiger partial charge >= 0.3 is 5.97 Å². The zero-order valence-electron chi connectivity index (χ0n) is 10.2. The van der Waals surface area contributed by atoms with Crippen molar-refractivity contribution < 1.29 is 9.53 Å². The Labute approximate surface area is 105 Å². The number of hydrogen-bond donors (Lipinski definition) is 0. The molecule has 18 heavy (non-hydrogen) atoms. The van der Waals surface area contributed by atoms with Crippen LogP contribution < -0.4 is 0 Å². The Kier molecular flexibility index (Phi) is 3.16. The van der Waals surface area contributed by atoms with Gasteiger partial charge in [0.2, 0.25) is 0 Å². The van der Waals surface area contributed by atoms with Crippen LogP contribution in [0.15, 0.2) is 30.3 Å². The lowest BCUT2D eigenvalue weighted by Gasteiger charge is -1.98. The molecular formula is C14H12N2O2. The summed E-state index contributed by atoms with van der Waals surface area (Å²) >= 11 is 0. The minimum absolute atomic E-state index is 0.441. The lowest BCUT2D eigenvalue weighted by Crippen LogP contribution is -1.96. The van der Waals surface area contributed by atoms with E-state index in [4.69, 9.17) is 0 Å². The van der Waals surface area contributed by atoms with E-state index in [9.17, 15) is 10.1 Å². The summed E-state index contributed by atoms with van der Waals surface area (Å²) in [5.74, 6) is -0.441. The van der Waals surface area contributed by atoms with E-state index in [0.29, 0.717) is 11.3 Å². The van der Waals surface area contributed by atoms with Crippen molar-refractivity contribution in [1.29, 1.82) is 5.26 Å². The maximum atomic E-state index is 11.1. The van der Waals surface area contributed by atoms with E-state index in [1.54, 1.807) is 6.08 Å². The lowest BCUT2D eigenvalue weighted by atomic mass is 10.1. The molecule has 0 radical (unpaired) electrons. The van der Waals surface area contributed by atoms with Gasteiger partial charge in [-0.15, -0.1) is 0 Å². The van der Waals surface area contributed by atoms with Crippen LogP contribution >= 0.6 is 0 Å². The van der Waals surface area contributed by atoms with Crippen LogP contribution in [0.25, 0.3) is 17.0 Å². The van der Waals surface area contributed by atoms with Crippen LogP contribution in [0.5, 0.6) is 0 Å². The molecule has 90 valence electrons. The summed E-state index contributed by atoms with van der Waals surface area (Å²) in [6, 6.07) is 9.81.